The first-order chi connectivity index (χ1) is 26.6. The lowest BCUT2D eigenvalue weighted by Gasteiger charge is -2.10. The van der Waals surface area contributed by atoms with Crippen molar-refractivity contribution in [3.05, 3.63) is 169 Å². The summed E-state index contributed by atoms with van der Waals surface area (Å²) in [4.78, 5) is 9.68. The first-order valence-corrected chi connectivity index (χ1v) is 18.7. The van der Waals surface area contributed by atoms with E-state index in [0.717, 1.165) is 76.2 Å². The zero-order valence-electron chi connectivity index (χ0n) is 29.4. The molecule has 0 aliphatic carbocycles. The lowest BCUT2D eigenvalue weighted by Crippen LogP contribution is -1.96. The summed E-state index contributed by atoms with van der Waals surface area (Å²) >= 11 is 1.57. The molecule has 10 rings (SSSR count). The highest BCUT2D eigenvalue weighted by Crippen LogP contribution is 2.41. The molecule has 6 aromatic carbocycles. The van der Waals surface area contributed by atoms with E-state index in [1.54, 1.807) is 11.3 Å². The van der Waals surface area contributed by atoms with E-state index in [2.05, 4.69) is 149 Å². The van der Waals surface area contributed by atoms with Crippen molar-refractivity contribution in [2.24, 2.45) is 0 Å². The van der Waals surface area contributed by atoms with Crippen LogP contribution in [0.4, 0.5) is 0 Å². The Balaban J connectivity index is 1.15. The van der Waals surface area contributed by atoms with Gasteiger partial charge in [0.1, 0.15) is 6.07 Å². The standard InChI is InChI=1S/C48H31N5S/c1-3-13-35-37-26-31(20-23-43(37)52(41(35)4-2)33-16-9-6-10-17-33)32-21-24-44-38(27-32)36-18-11-12-19-42(36)53(44)34-22-25-45-39(28-34)46-47(54-45)40(29-49)50-48(51-46)30-14-7-5-8-15-30/h3-28H,2H2,1H3/b13-3-. The van der Waals surface area contributed by atoms with Gasteiger partial charge in [-0.05, 0) is 84.8 Å². The first kappa shape index (κ1) is 31.6. The van der Waals surface area contributed by atoms with Crippen molar-refractivity contribution < 1.29 is 0 Å². The molecular formula is C48H31N5S. The van der Waals surface area contributed by atoms with Crippen molar-refractivity contribution in [1.82, 2.24) is 19.1 Å². The molecule has 54 heavy (non-hydrogen) atoms. The maximum Gasteiger partial charge on any atom is 0.162 e. The number of fused-ring (bicyclic) bond motifs is 7. The number of benzene rings is 6. The van der Waals surface area contributed by atoms with E-state index in [4.69, 9.17) is 4.98 Å². The Hall–Kier alpha value is -7.07. The Labute approximate surface area is 315 Å². The second kappa shape index (κ2) is 12.6. The summed E-state index contributed by atoms with van der Waals surface area (Å²) in [7, 11) is 0. The van der Waals surface area contributed by atoms with E-state index in [1.807, 2.05) is 42.5 Å². The van der Waals surface area contributed by atoms with E-state index >= 15 is 0 Å². The highest BCUT2D eigenvalue weighted by atomic mass is 32.1. The Morgan fingerprint density at radius 1 is 0.630 bits per heavy atom. The van der Waals surface area contributed by atoms with Crippen molar-refractivity contribution in [3.8, 4) is 40.0 Å². The van der Waals surface area contributed by atoms with Gasteiger partial charge in [-0.1, -0.05) is 97.6 Å². The van der Waals surface area contributed by atoms with Gasteiger partial charge in [0.2, 0.25) is 0 Å². The van der Waals surface area contributed by atoms with Crippen LogP contribution in [-0.2, 0) is 0 Å². The number of hydrogen-bond donors (Lipinski definition) is 0. The molecule has 0 spiro atoms. The Morgan fingerprint density at radius 2 is 1.31 bits per heavy atom. The molecular weight excluding hydrogens is 679 g/mol. The van der Waals surface area contributed by atoms with Gasteiger partial charge in [0.15, 0.2) is 11.5 Å². The molecule has 0 unspecified atom stereocenters. The Kier molecular flexibility index (Phi) is 7.36. The first-order valence-electron chi connectivity index (χ1n) is 17.9. The fourth-order valence-corrected chi connectivity index (χ4v) is 8.97. The third-order valence-corrected chi connectivity index (χ3v) is 11.5. The fourth-order valence-electron chi connectivity index (χ4n) is 7.91. The molecule has 4 aromatic heterocycles. The van der Waals surface area contributed by atoms with Crippen LogP contribution >= 0.6 is 11.3 Å². The molecule has 5 nitrogen and oxygen atoms in total. The number of allylic oxidation sites excluding steroid dienone is 1. The maximum atomic E-state index is 10.1. The molecule has 0 amide bonds. The second-order valence-electron chi connectivity index (χ2n) is 13.3. The number of hydrogen-bond acceptors (Lipinski definition) is 4. The van der Waals surface area contributed by atoms with E-state index in [9.17, 15) is 5.26 Å². The molecule has 0 aliphatic rings. The van der Waals surface area contributed by atoms with Gasteiger partial charge in [0, 0.05) is 48.7 Å². The third-order valence-electron chi connectivity index (χ3n) is 10.3. The zero-order valence-corrected chi connectivity index (χ0v) is 30.2. The molecule has 0 N–H and O–H groups in total. The number of thiophene rings is 1. The summed E-state index contributed by atoms with van der Waals surface area (Å²) < 4.78 is 6.51. The number of nitrogens with zero attached hydrogens (tertiary/aromatic N) is 5. The van der Waals surface area contributed by atoms with E-state index in [0.29, 0.717) is 11.5 Å². The molecule has 0 fully saturated rings. The van der Waals surface area contributed by atoms with Crippen molar-refractivity contribution in [2.45, 2.75) is 6.92 Å². The molecule has 0 bridgehead atoms. The fraction of sp³-hybridized carbons (Fsp3) is 0.0208. The predicted molar refractivity (Wildman–Crippen MR) is 226 cm³/mol. The highest BCUT2D eigenvalue weighted by Gasteiger charge is 2.19. The van der Waals surface area contributed by atoms with Gasteiger partial charge in [-0.25, -0.2) is 9.97 Å². The van der Waals surface area contributed by atoms with Crippen LogP contribution in [0.1, 0.15) is 23.9 Å². The average molecular weight is 710 g/mol. The topological polar surface area (TPSA) is 59.4 Å². The van der Waals surface area contributed by atoms with Gasteiger partial charge in [0.05, 0.1) is 32.5 Å². The average Bonchev–Trinajstić information content (AvgIpc) is 3.88. The van der Waals surface area contributed by atoms with Gasteiger partial charge >= 0.3 is 0 Å². The molecule has 6 heteroatoms. The van der Waals surface area contributed by atoms with Gasteiger partial charge in [0.25, 0.3) is 0 Å². The summed E-state index contributed by atoms with van der Waals surface area (Å²) in [6.07, 6.45) is 6.23. The molecule has 0 radical (unpaired) electrons. The number of aromatic nitrogens is 4. The minimum absolute atomic E-state index is 0.402. The van der Waals surface area contributed by atoms with Crippen LogP contribution in [0, 0.1) is 11.3 Å². The number of rotatable bonds is 6. The SMILES string of the molecule is C=Cc1c(/C=C\C)c2cc(-c3ccc4c(c3)c3ccccc3n4-c3ccc4sc5c(C#N)nc(-c6ccccc6)nc5c4c3)ccc2n1-c1ccccc1. The van der Waals surface area contributed by atoms with Crippen molar-refractivity contribution in [2.75, 3.05) is 0 Å². The number of para-hydroxylation sites is 2. The molecule has 0 aliphatic heterocycles. The maximum absolute atomic E-state index is 10.1. The predicted octanol–water partition coefficient (Wildman–Crippen LogP) is 12.8. The minimum atomic E-state index is 0.402. The van der Waals surface area contributed by atoms with Crippen LogP contribution in [0.15, 0.2) is 152 Å². The summed E-state index contributed by atoms with van der Waals surface area (Å²) in [5, 5.41) is 14.7. The largest absolute Gasteiger partial charge is 0.309 e. The summed E-state index contributed by atoms with van der Waals surface area (Å²) in [5.74, 6) is 0.558. The lowest BCUT2D eigenvalue weighted by atomic mass is 10.00. The van der Waals surface area contributed by atoms with Crippen LogP contribution in [0.3, 0.4) is 0 Å². The Bertz CT molecular complexity index is 3190. The summed E-state index contributed by atoms with van der Waals surface area (Å²) in [5.41, 5.74) is 12.2. The van der Waals surface area contributed by atoms with Gasteiger partial charge in [-0.15, -0.1) is 11.3 Å². The van der Waals surface area contributed by atoms with Crippen LogP contribution in [0.25, 0.3) is 99.1 Å². The van der Waals surface area contributed by atoms with E-state index < -0.39 is 0 Å². The third kappa shape index (κ3) is 4.83. The van der Waals surface area contributed by atoms with Gasteiger partial charge < -0.3 is 9.13 Å². The molecule has 0 saturated carbocycles. The van der Waals surface area contributed by atoms with E-state index in [1.165, 1.54) is 16.2 Å². The molecule has 0 saturated heterocycles. The van der Waals surface area contributed by atoms with Crippen LogP contribution in [-0.4, -0.2) is 19.1 Å². The normalized spacial score (nSPS) is 11.8. The highest BCUT2D eigenvalue weighted by molar-refractivity contribution is 7.26. The molecule has 0 atom stereocenters. The Morgan fingerprint density at radius 3 is 2.06 bits per heavy atom. The van der Waals surface area contributed by atoms with Crippen molar-refractivity contribution >= 4 is 76.5 Å². The lowest BCUT2D eigenvalue weighted by molar-refractivity contribution is 1.11. The second-order valence-corrected chi connectivity index (χ2v) is 14.4. The summed E-state index contributed by atoms with van der Waals surface area (Å²) in [6, 6.07) is 51.4. The molecule has 10 aromatic rings. The van der Waals surface area contributed by atoms with Crippen LogP contribution in [0.5, 0.6) is 0 Å². The van der Waals surface area contributed by atoms with Crippen LogP contribution in [0.2, 0.25) is 0 Å². The van der Waals surface area contributed by atoms with Crippen LogP contribution < -0.4 is 0 Å². The zero-order chi connectivity index (χ0) is 36.3. The smallest absolute Gasteiger partial charge is 0.162 e. The van der Waals surface area contributed by atoms with E-state index in [-0.39, 0.29) is 0 Å². The van der Waals surface area contributed by atoms with Crippen molar-refractivity contribution in [3.63, 3.8) is 0 Å². The van der Waals surface area contributed by atoms with Gasteiger partial charge in [-0.2, -0.15) is 5.26 Å². The molecule has 4 heterocycles. The molecule has 254 valence electrons. The minimum Gasteiger partial charge on any atom is -0.309 e. The number of nitriles is 1. The van der Waals surface area contributed by atoms with Gasteiger partial charge in [-0.3, -0.25) is 0 Å². The van der Waals surface area contributed by atoms with Crippen molar-refractivity contribution in [1.29, 1.82) is 5.26 Å². The summed E-state index contributed by atoms with van der Waals surface area (Å²) in [6.45, 7) is 6.26. The monoisotopic (exact) mass is 709 g/mol. The quantitative estimate of drug-likeness (QED) is 0.173.